The predicted molar refractivity (Wildman–Crippen MR) is 101 cm³/mol. The van der Waals surface area contributed by atoms with Crippen molar-refractivity contribution in [1.82, 2.24) is 20.0 Å². The lowest BCUT2D eigenvalue weighted by molar-refractivity contribution is 0.178. The summed E-state index contributed by atoms with van der Waals surface area (Å²) in [5.41, 5.74) is 1.81. The maximum absolute atomic E-state index is 6.24. The van der Waals surface area contributed by atoms with Crippen molar-refractivity contribution < 1.29 is 4.52 Å². The van der Waals surface area contributed by atoms with Gasteiger partial charge >= 0.3 is 0 Å². The van der Waals surface area contributed by atoms with Crippen LogP contribution in [0.25, 0.3) is 11.4 Å². The average molecular weight is 389 g/mol. The molecule has 0 aliphatic carbocycles. The minimum Gasteiger partial charge on any atom is -0.339 e. The van der Waals surface area contributed by atoms with Crippen LogP contribution in [-0.4, -0.2) is 33.1 Å². The second kappa shape index (κ2) is 7.74. The molecule has 5 nitrogen and oxygen atoms in total. The zero-order valence-corrected chi connectivity index (χ0v) is 15.6. The summed E-state index contributed by atoms with van der Waals surface area (Å²) in [6.45, 7) is 2.60. The number of hydrogen-bond acceptors (Lipinski definition) is 5. The fourth-order valence-corrected chi connectivity index (χ4v) is 3.57. The number of aromatic nitrogens is 3. The quantitative estimate of drug-likeness (QED) is 0.641. The molecular formula is C19H18Cl2N4O. The van der Waals surface area contributed by atoms with Crippen LogP contribution >= 0.6 is 23.2 Å². The Morgan fingerprint density at radius 2 is 2.00 bits per heavy atom. The number of benzene rings is 1. The molecule has 1 aliphatic heterocycles. The SMILES string of the molecule is Clc1ccc(-c2noc(C3CCCN(Cc4ncccc4Cl)C3)n2)cc1. The van der Waals surface area contributed by atoms with Gasteiger partial charge in [0.1, 0.15) is 0 Å². The smallest absolute Gasteiger partial charge is 0.231 e. The number of nitrogens with zero attached hydrogens (tertiary/aromatic N) is 4. The molecule has 0 radical (unpaired) electrons. The molecule has 0 amide bonds. The molecule has 3 heterocycles. The van der Waals surface area contributed by atoms with Gasteiger partial charge in [0.15, 0.2) is 0 Å². The molecule has 0 N–H and O–H groups in total. The van der Waals surface area contributed by atoms with Crippen LogP contribution in [0.15, 0.2) is 47.1 Å². The first-order valence-electron chi connectivity index (χ1n) is 8.60. The lowest BCUT2D eigenvalue weighted by atomic mass is 9.98. The predicted octanol–water partition coefficient (Wildman–Crippen LogP) is 4.82. The minimum absolute atomic E-state index is 0.222. The number of halogens is 2. The van der Waals surface area contributed by atoms with E-state index in [0.717, 1.165) is 43.7 Å². The van der Waals surface area contributed by atoms with E-state index in [-0.39, 0.29) is 5.92 Å². The number of pyridine rings is 1. The van der Waals surface area contributed by atoms with Gasteiger partial charge in [-0.1, -0.05) is 28.4 Å². The van der Waals surface area contributed by atoms with Gasteiger partial charge in [0.25, 0.3) is 0 Å². The Kier molecular flexibility index (Phi) is 5.20. The molecule has 1 fully saturated rings. The Bertz CT molecular complexity index is 881. The Morgan fingerprint density at radius 1 is 1.15 bits per heavy atom. The average Bonchev–Trinajstić information content (AvgIpc) is 3.15. The summed E-state index contributed by atoms with van der Waals surface area (Å²) < 4.78 is 5.55. The maximum Gasteiger partial charge on any atom is 0.231 e. The third kappa shape index (κ3) is 3.90. The number of likely N-dealkylation sites (tertiary alicyclic amines) is 1. The molecule has 0 saturated carbocycles. The van der Waals surface area contributed by atoms with E-state index in [9.17, 15) is 0 Å². The summed E-state index contributed by atoms with van der Waals surface area (Å²) in [5.74, 6) is 1.51. The Morgan fingerprint density at radius 3 is 2.81 bits per heavy atom. The molecule has 1 unspecified atom stereocenters. The van der Waals surface area contributed by atoms with Crippen LogP contribution in [0, 0.1) is 0 Å². The lowest BCUT2D eigenvalue weighted by Crippen LogP contribution is -2.34. The molecule has 7 heteroatoms. The number of piperidine rings is 1. The number of rotatable bonds is 4. The molecule has 1 aliphatic rings. The lowest BCUT2D eigenvalue weighted by Gasteiger charge is -2.30. The summed E-state index contributed by atoms with van der Waals surface area (Å²) in [7, 11) is 0. The molecular weight excluding hydrogens is 371 g/mol. The van der Waals surface area contributed by atoms with Gasteiger partial charge in [-0.2, -0.15) is 4.98 Å². The molecule has 3 aromatic rings. The third-order valence-corrected chi connectivity index (χ3v) is 5.20. The third-order valence-electron chi connectivity index (χ3n) is 4.61. The van der Waals surface area contributed by atoms with Crippen molar-refractivity contribution in [3.05, 3.63) is 64.2 Å². The van der Waals surface area contributed by atoms with E-state index in [0.29, 0.717) is 21.8 Å². The molecule has 1 atom stereocenters. The van der Waals surface area contributed by atoms with Crippen LogP contribution in [0.1, 0.15) is 30.3 Å². The largest absolute Gasteiger partial charge is 0.339 e. The van der Waals surface area contributed by atoms with E-state index in [1.807, 2.05) is 36.4 Å². The van der Waals surface area contributed by atoms with Crippen molar-refractivity contribution >= 4 is 23.2 Å². The molecule has 4 rings (SSSR count). The first-order chi connectivity index (χ1) is 12.7. The second-order valence-corrected chi connectivity index (χ2v) is 7.31. The molecule has 1 aromatic carbocycles. The van der Waals surface area contributed by atoms with E-state index in [4.69, 9.17) is 27.7 Å². The highest BCUT2D eigenvalue weighted by atomic mass is 35.5. The highest BCUT2D eigenvalue weighted by Gasteiger charge is 2.26. The van der Waals surface area contributed by atoms with E-state index in [1.165, 1.54) is 0 Å². The van der Waals surface area contributed by atoms with Gasteiger partial charge in [-0.25, -0.2) is 0 Å². The van der Waals surface area contributed by atoms with Gasteiger partial charge in [0.2, 0.25) is 11.7 Å². The van der Waals surface area contributed by atoms with E-state index in [1.54, 1.807) is 6.20 Å². The fraction of sp³-hybridized carbons (Fsp3) is 0.316. The monoisotopic (exact) mass is 388 g/mol. The Balaban J connectivity index is 1.46. The van der Waals surface area contributed by atoms with E-state index in [2.05, 4.69) is 20.0 Å². The van der Waals surface area contributed by atoms with E-state index >= 15 is 0 Å². The highest BCUT2D eigenvalue weighted by Crippen LogP contribution is 2.29. The van der Waals surface area contributed by atoms with E-state index < -0.39 is 0 Å². The topological polar surface area (TPSA) is 55.1 Å². The minimum atomic E-state index is 0.222. The van der Waals surface area contributed by atoms with Crippen molar-refractivity contribution in [2.45, 2.75) is 25.3 Å². The summed E-state index contributed by atoms with van der Waals surface area (Å²) >= 11 is 12.2. The van der Waals surface area contributed by atoms with Crippen LogP contribution in [-0.2, 0) is 6.54 Å². The molecule has 134 valence electrons. The van der Waals surface area contributed by atoms with Crippen molar-refractivity contribution in [2.24, 2.45) is 0 Å². The van der Waals surface area contributed by atoms with Crippen molar-refractivity contribution in [3.63, 3.8) is 0 Å². The van der Waals surface area contributed by atoms with Crippen molar-refractivity contribution in [3.8, 4) is 11.4 Å². The van der Waals surface area contributed by atoms with Gasteiger partial charge in [-0.15, -0.1) is 0 Å². The molecule has 1 saturated heterocycles. The van der Waals surface area contributed by atoms with Crippen LogP contribution in [0.5, 0.6) is 0 Å². The summed E-state index contributed by atoms with van der Waals surface area (Å²) in [6, 6.07) is 11.2. The first kappa shape index (κ1) is 17.5. The maximum atomic E-state index is 6.24. The fourth-order valence-electron chi connectivity index (χ4n) is 3.26. The van der Waals surface area contributed by atoms with Crippen LogP contribution in [0.2, 0.25) is 10.0 Å². The first-order valence-corrected chi connectivity index (χ1v) is 9.36. The van der Waals surface area contributed by atoms with Crippen LogP contribution in [0.4, 0.5) is 0 Å². The van der Waals surface area contributed by atoms with Gasteiger partial charge in [0, 0.05) is 29.9 Å². The van der Waals surface area contributed by atoms with Gasteiger partial charge in [0.05, 0.1) is 16.6 Å². The number of hydrogen-bond donors (Lipinski definition) is 0. The summed E-state index contributed by atoms with van der Waals surface area (Å²) in [5, 5.41) is 5.53. The summed E-state index contributed by atoms with van der Waals surface area (Å²) in [4.78, 5) is 11.3. The standard InChI is InChI=1S/C19H18Cl2N4O/c20-15-7-5-13(6-8-15)18-23-19(26-24-18)14-3-2-10-25(11-14)12-17-16(21)4-1-9-22-17/h1,4-9,14H,2-3,10-12H2. The van der Waals surface area contributed by atoms with Crippen LogP contribution < -0.4 is 0 Å². The van der Waals surface area contributed by atoms with Gasteiger partial charge in [-0.05, 0) is 55.8 Å². The second-order valence-electron chi connectivity index (χ2n) is 6.47. The molecule has 0 bridgehead atoms. The van der Waals surface area contributed by atoms with Gasteiger partial charge < -0.3 is 4.52 Å². The Labute approximate surface area is 162 Å². The molecule has 0 spiro atoms. The molecule has 26 heavy (non-hydrogen) atoms. The van der Waals surface area contributed by atoms with Crippen LogP contribution in [0.3, 0.4) is 0 Å². The highest BCUT2D eigenvalue weighted by molar-refractivity contribution is 6.31. The normalized spacial score (nSPS) is 18.2. The van der Waals surface area contributed by atoms with Crippen molar-refractivity contribution in [1.29, 1.82) is 0 Å². The zero-order chi connectivity index (χ0) is 17.9. The molecule has 2 aromatic heterocycles. The Hall–Kier alpha value is -1.95. The van der Waals surface area contributed by atoms with Crippen molar-refractivity contribution in [2.75, 3.05) is 13.1 Å². The summed E-state index contributed by atoms with van der Waals surface area (Å²) in [6.07, 6.45) is 3.89. The zero-order valence-electron chi connectivity index (χ0n) is 14.1. The van der Waals surface area contributed by atoms with Gasteiger partial charge in [-0.3, -0.25) is 9.88 Å².